The lowest BCUT2D eigenvalue weighted by Crippen LogP contribution is -2.28. The zero-order valence-electron chi connectivity index (χ0n) is 22.4. The lowest BCUT2D eigenvalue weighted by Gasteiger charge is -2.14. The Morgan fingerprint density at radius 1 is 0.771 bits per heavy atom. The third-order valence-corrected chi connectivity index (χ3v) is 5.84. The number of rotatable bonds is 24. The van der Waals surface area contributed by atoms with Gasteiger partial charge in [0.05, 0.1) is 0 Å². The Bertz CT molecular complexity index is 600. The van der Waals surface area contributed by atoms with Gasteiger partial charge in [0.2, 0.25) is 5.91 Å². The number of hydrogen-bond donors (Lipinski definition) is 2. The van der Waals surface area contributed by atoms with Crippen molar-refractivity contribution in [2.75, 3.05) is 6.54 Å². The molecule has 0 heterocycles. The van der Waals surface area contributed by atoms with Crippen molar-refractivity contribution in [1.82, 2.24) is 5.32 Å². The lowest BCUT2D eigenvalue weighted by atomic mass is 10.1. The molecule has 0 bridgehead atoms. The second-order valence-electron chi connectivity index (χ2n) is 9.30. The van der Waals surface area contributed by atoms with E-state index in [1.807, 2.05) is 6.08 Å². The standard InChI is InChI=1S/C29H51NO5/c1-3-5-7-9-11-12-14-20-24-29(34)35-26(21-17-13-10-8-6-4-2)22-18-15-16-19-23-27(31)30-25-28(32)33/h8,10,17,21,26H,3-7,9,11-16,18-20,22-25H2,1-2H3,(H,30,31)(H,32,33)/b10-8-,21-17-. The predicted octanol–water partition coefficient (Wildman–Crippen LogP) is 7.27. The number of carboxylic acids is 1. The van der Waals surface area contributed by atoms with E-state index in [1.54, 1.807) is 0 Å². The molecule has 0 aliphatic carbocycles. The van der Waals surface area contributed by atoms with Crippen molar-refractivity contribution in [2.45, 2.75) is 136 Å². The fourth-order valence-electron chi connectivity index (χ4n) is 3.76. The van der Waals surface area contributed by atoms with Gasteiger partial charge in [0.15, 0.2) is 0 Å². The predicted molar refractivity (Wildman–Crippen MR) is 143 cm³/mol. The average molecular weight is 494 g/mol. The smallest absolute Gasteiger partial charge is 0.322 e. The highest BCUT2D eigenvalue weighted by Gasteiger charge is 2.11. The molecule has 0 spiro atoms. The van der Waals surface area contributed by atoms with E-state index in [0.29, 0.717) is 12.8 Å². The Morgan fingerprint density at radius 3 is 2.06 bits per heavy atom. The summed E-state index contributed by atoms with van der Waals surface area (Å²) in [6.45, 7) is 4.06. The van der Waals surface area contributed by atoms with Crippen LogP contribution in [-0.2, 0) is 19.1 Å². The maximum absolute atomic E-state index is 12.4. The molecule has 0 aromatic heterocycles. The molecule has 35 heavy (non-hydrogen) atoms. The van der Waals surface area contributed by atoms with E-state index in [-0.39, 0.29) is 24.5 Å². The van der Waals surface area contributed by atoms with E-state index in [0.717, 1.165) is 64.2 Å². The highest BCUT2D eigenvalue weighted by atomic mass is 16.5. The minimum atomic E-state index is -1.03. The molecule has 202 valence electrons. The highest BCUT2D eigenvalue weighted by molar-refractivity contribution is 5.80. The van der Waals surface area contributed by atoms with Crippen LogP contribution in [-0.4, -0.2) is 35.6 Å². The Balaban J connectivity index is 4.23. The number of carbonyl (C=O) groups is 3. The van der Waals surface area contributed by atoms with Crippen molar-refractivity contribution in [3.63, 3.8) is 0 Å². The van der Waals surface area contributed by atoms with Crippen LogP contribution in [0.2, 0.25) is 0 Å². The molecule has 0 fully saturated rings. The van der Waals surface area contributed by atoms with Gasteiger partial charge in [0.1, 0.15) is 12.6 Å². The third kappa shape index (κ3) is 24.8. The van der Waals surface area contributed by atoms with Gasteiger partial charge in [-0.1, -0.05) is 96.3 Å². The van der Waals surface area contributed by atoms with Crippen molar-refractivity contribution in [3.8, 4) is 0 Å². The molecular formula is C29H51NO5. The first-order valence-electron chi connectivity index (χ1n) is 14.0. The fraction of sp³-hybridized carbons (Fsp3) is 0.759. The number of esters is 1. The van der Waals surface area contributed by atoms with Crippen molar-refractivity contribution in [1.29, 1.82) is 0 Å². The van der Waals surface area contributed by atoms with Crippen LogP contribution in [0.5, 0.6) is 0 Å². The molecule has 0 aliphatic rings. The molecule has 0 radical (unpaired) electrons. The molecule has 0 saturated carbocycles. The lowest BCUT2D eigenvalue weighted by molar-refractivity contribution is -0.147. The first kappa shape index (κ1) is 32.9. The summed E-state index contributed by atoms with van der Waals surface area (Å²) in [6.07, 6.45) is 26.0. The van der Waals surface area contributed by atoms with E-state index in [2.05, 4.69) is 37.4 Å². The molecule has 0 aromatic carbocycles. The monoisotopic (exact) mass is 493 g/mol. The Kier molecular flexibility index (Phi) is 23.5. The first-order valence-corrected chi connectivity index (χ1v) is 14.0. The number of aliphatic carboxylic acids is 1. The molecule has 0 aliphatic heterocycles. The van der Waals surface area contributed by atoms with Crippen LogP contribution < -0.4 is 5.32 Å². The summed E-state index contributed by atoms with van der Waals surface area (Å²) in [7, 11) is 0. The maximum atomic E-state index is 12.4. The largest absolute Gasteiger partial charge is 0.480 e. The Labute approximate surface area is 214 Å². The third-order valence-electron chi connectivity index (χ3n) is 5.84. The molecule has 0 aromatic rings. The number of allylic oxidation sites excluding steroid dienone is 3. The number of hydrogen-bond acceptors (Lipinski definition) is 4. The summed E-state index contributed by atoms with van der Waals surface area (Å²) < 4.78 is 5.77. The van der Waals surface area contributed by atoms with Crippen molar-refractivity contribution in [3.05, 3.63) is 24.3 Å². The number of carbonyl (C=O) groups excluding carboxylic acids is 2. The van der Waals surface area contributed by atoms with Gasteiger partial charge in [0.25, 0.3) is 0 Å². The summed E-state index contributed by atoms with van der Waals surface area (Å²) >= 11 is 0. The van der Waals surface area contributed by atoms with Crippen LogP contribution >= 0.6 is 0 Å². The SMILES string of the molecule is CCC/C=C\C/C=C\C(CCCCCCC(=O)NCC(=O)O)OC(=O)CCCCCCCCCC. The molecule has 1 atom stereocenters. The van der Waals surface area contributed by atoms with Crippen LogP contribution in [0.15, 0.2) is 24.3 Å². The van der Waals surface area contributed by atoms with Crippen molar-refractivity contribution >= 4 is 17.8 Å². The minimum absolute atomic E-state index is 0.109. The van der Waals surface area contributed by atoms with E-state index in [1.165, 1.54) is 38.5 Å². The zero-order chi connectivity index (χ0) is 26.0. The summed E-state index contributed by atoms with van der Waals surface area (Å²) in [5, 5.41) is 11.0. The number of nitrogens with one attached hydrogen (secondary N) is 1. The molecular weight excluding hydrogens is 442 g/mol. The topological polar surface area (TPSA) is 92.7 Å². The number of ether oxygens (including phenoxy) is 1. The number of unbranched alkanes of at least 4 members (excludes halogenated alkanes) is 11. The van der Waals surface area contributed by atoms with Crippen LogP contribution in [0.4, 0.5) is 0 Å². The van der Waals surface area contributed by atoms with Gasteiger partial charge in [0, 0.05) is 12.8 Å². The number of carboxylic acid groups (broad SMARTS) is 1. The van der Waals surface area contributed by atoms with E-state index in [4.69, 9.17) is 9.84 Å². The highest BCUT2D eigenvalue weighted by Crippen LogP contribution is 2.14. The summed E-state index contributed by atoms with van der Waals surface area (Å²) in [5.41, 5.74) is 0. The number of amides is 1. The van der Waals surface area contributed by atoms with Gasteiger partial charge in [-0.05, 0) is 44.6 Å². The molecule has 6 heteroatoms. The molecule has 1 unspecified atom stereocenters. The average Bonchev–Trinajstić information content (AvgIpc) is 2.83. The van der Waals surface area contributed by atoms with Gasteiger partial charge < -0.3 is 15.2 Å². The van der Waals surface area contributed by atoms with Gasteiger partial charge in [-0.3, -0.25) is 14.4 Å². The quantitative estimate of drug-likeness (QED) is 0.0837. The zero-order valence-corrected chi connectivity index (χ0v) is 22.4. The minimum Gasteiger partial charge on any atom is -0.480 e. The van der Waals surface area contributed by atoms with Gasteiger partial charge >= 0.3 is 11.9 Å². The second-order valence-corrected chi connectivity index (χ2v) is 9.30. The van der Waals surface area contributed by atoms with Gasteiger partial charge in [-0.2, -0.15) is 0 Å². The molecule has 6 nitrogen and oxygen atoms in total. The van der Waals surface area contributed by atoms with Crippen molar-refractivity contribution < 1.29 is 24.2 Å². The van der Waals surface area contributed by atoms with Crippen LogP contribution in [0.3, 0.4) is 0 Å². The van der Waals surface area contributed by atoms with E-state index < -0.39 is 5.97 Å². The second kappa shape index (κ2) is 25.0. The molecule has 0 rings (SSSR count). The molecule has 0 saturated heterocycles. The normalized spacial score (nSPS) is 12.3. The Hall–Kier alpha value is -2.11. The van der Waals surface area contributed by atoms with E-state index >= 15 is 0 Å². The van der Waals surface area contributed by atoms with Crippen LogP contribution in [0.25, 0.3) is 0 Å². The first-order chi connectivity index (χ1) is 17.0. The fourth-order valence-corrected chi connectivity index (χ4v) is 3.76. The molecule has 1 amide bonds. The van der Waals surface area contributed by atoms with E-state index in [9.17, 15) is 14.4 Å². The van der Waals surface area contributed by atoms with Gasteiger partial charge in [-0.25, -0.2) is 0 Å². The van der Waals surface area contributed by atoms with Crippen molar-refractivity contribution in [2.24, 2.45) is 0 Å². The Morgan fingerprint density at radius 2 is 1.40 bits per heavy atom. The van der Waals surface area contributed by atoms with Gasteiger partial charge in [-0.15, -0.1) is 0 Å². The van der Waals surface area contributed by atoms with Crippen LogP contribution in [0.1, 0.15) is 129 Å². The maximum Gasteiger partial charge on any atom is 0.322 e. The summed E-state index contributed by atoms with van der Waals surface area (Å²) in [5.74, 6) is -1.36. The van der Waals surface area contributed by atoms with Crippen LogP contribution in [0, 0.1) is 0 Å². The summed E-state index contributed by atoms with van der Waals surface area (Å²) in [4.78, 5) is 34.4. The summed E-state index contributed by atoms with van der Waals surface area (Å²) in [6, 6.07) is 0. The molecule has 2 N–H and O–H groups in total.